The van der Waals surface area contributed by atoms with Gasteiger partial charge in [0.25, 0.3) is 0 Å². The topological polar surface area (TPSA) is 66.4 Å². The molecular weight excluding hydrogens is 274 g/mol. The third-order valence-electron chi connectivity index (χ3n) is 4.44. The molecule has 0 radical (unpaired) electrons. The summed E-state index contributed by atoms with van der Waals surface area (Å²) in [4.78, 5) is 23.5. The Kier molecular flexibility index (Phi) is 5.52. The highest BCUT2D eigenvalue weighted by Gasteiger charge is 2.35. The molecule has 20 heavy (non-hydrogen) atoms. The molecule has 5 heteroatoms. The Morgan fingerprint density at radius 1 is 1.10 bits per heavy atom. The SMILES string of the molecule is CSC1CCC(NC(=O)C2CC=CCC2C(=O)O)CC1. The van der Waals surface area contributed by atoms with Crippen LogP contribution in [0.2, 0.25) is 0 Å². The first kappa shape index (κ1) is 15.4. The molecule has 2 rings (SSSR count). The van der Waals surface area contributed by atoms with Crippen molar-refractivity contribution in [3.05, 3.63) is 12.2 Å². The Morgan fingerprint density at radius 3 is 2.25 bits per heavy atom. The summed E-state index contributed by atoms with van der Waals surface area (Å²) in [6.07, 6.45) is 11.2. The van der Waals surface area contributed by atoms with Crippen LogP contribution in [-0.4, -0.2) is 34.5 Å². The summed E-state index contributed by atoms with van der Waals surface area (Å²) in [6, 6.07) is 0.228. The number of carbonyl (C=O) groups is 2. The maximum atomic E-state index is 12.3. The molecule has 0 aromatic rings. The van der Waals surface area contributed by atoms with E-state index in [0.717, 1.165) is 25.7 Å². The van der Waals surface area contributed by atoms with Gasteiger partial charge in [-0.2, -0.15) is 11.8 Å². The van der Waals surface area contributed by atoms with Gasteiger partial charge in [0.15, 0.2) is 0 Å². The number of rotatable bonds is 4. The standard InChI is InChI=1S/C15H23NO3S/c1-20-11-8-6-10(7-9-11)16-14(17)12-4-2-3-5-13(12)15(18)19/h2-3,10-13H,4-9H2,1H3,(H,16,17)(H,18,19). The van der Waals surface area contributed by atoms with Crippen molar-refractivity contribution < 1.29 is 14.7 Å². The minimum Gasteiger partial charge on any atom is -0.481 e. The minimum absolute atomic E-state index is 0.0747. The molecule has 2 N–H and O–H groups in total. The first-order valence-electron chi connectivity index (χ1n) is 7.32. The lowest BCUT2D eigenvalue weighted by atomic mass is 9.82. The number of carboxylic acid groups (broad SMARTS) is 1. The Hall–Kier alpha value is -0.970. The first-order chi connectivity index (χ1) is 9.61. The van der Waals surface area contributed by atoms with Crippen LogP contribution >= 0.6 is 11.8 Å². The smallest absolute Gasteiger partial charge is 0.307 e. The minimum atomic E-state index is -0.861. The molecule has 0 aliphatic heterocycles. The second-order valence-electron chi connectivity index (χ2n) is 5.71. The quantitative estimate of drug-likeness (QED) is 0.782. The van der Waals surface area contributed by atoms with E-state index in [1.165, 1.54) is 0 Å². The predicted molar refractivity (Wildman–Crippen MR) is 80.7 cm³/mol. The van der Waals surface area contributed by atoms with Crippen molar-refractivity contribution in [2.24, 2.45) is 11.8 Å². The number of allylic oxidation sites excluding steroid dienone is 2. The molecule has 2 unspecified atom stereocenters. The highest BCUT2D eigenvalue weighted by molar-refractivity contribution is 7.99. The van der Waals surface area contributed by atoms with Crippen LogP contribution in [0.1, 0.15) is 38.5 Å². The largest absolute Gasteiger partial charge is 0.481 e. The Morgan fingerprint density at radius 2 is 1.70 bits per heavy atom. The molecule has 2 aliphatic rings. The van der Waals surface area contributed by atoms with E-state index in [1.807, 2.05) is 23.9 Å². The second-order valence-corrected chi connectivity index (χ2v) is 6.85. The normalized spacial score (nSPS) is 33.6. The van der Waals surface area contributed by atoms with Gasteiger partial charge in [-0.15, -0.1) is 0 Å². The number of carboxylic acids is 1. The van der Waals surface area contributed by atoms with Crippen molar-refractivity contribution in [1.82, 2.24) is 5.32 Å². The van der Waals surface area contributed by atoms with E-state index in [-0.39, 0.29) is 11.9 Å². The Bertz CT molecular complexity index is 389. The zero-order chi connectivity index (χ0) is 14.5. The predicted octanol–water partition coefficient (Wildman–Crippen LogP) is 2.44. The molecule has 112 valence electrons. The lowest BCUT2D eigenvalue weighted by Gasteiger charge is -2.31. The van der Waals surface area contributed by atoms with Crippen molar-refractivity contribution >= 4 is 23.6 Å². The van der Waals surface area contributed by atoms with E-state index < -0.39 is 17.8 Å². The fraction of sp³-hybridized carbons (Fsp3) is 0.733. The van der Waals surface area contributed by atoms with E-state index in [9.17, 15) is 14.7 Å². The van der Waals surface area contributed by atoms with E-state index >= 15 is 0 Å². The van der Waals surface area contributed by atoms with Crippen LogP contribution in [0.4, 0.5) is 0 Å². The monoisotopic (exact) mass is 297 g/mol. The van der Waals surface area contributed by atoms with E-state index in [0.29, 0.717) is 18.1 Å². The molecule has 0 aromatic carbocycles. The third kappa shape index (κ3) is 3.78. The molecule has 0 heterocycles. The Labute approximate surface area is 124 Å². The molecule has 1 fully saturated rings. The van der Waals surface area contributed by atoms with Crippen molar-refractivity contribution in [2.45, 2.75) is 49.8 Å². The molecule has 0 spiro atoms. The summed E-state index contributed by atoms with van der Waals surface area (Å²) in [7, 11) is 0. The average Bonchev–Trinajstić information content (AvgIpc) is 2.48. The van der Waals surface area contributed by atoms with Crippen molar-refractivity contribution in [1.29, 1.82) is 0 Å². The first-order valence-corrected chi connectivity index (χ1v) is 8.61. The lowest BCUT2D eigenvalue weighted by Crippen LogP contribution is -2.44. The van der Waals surface area contributed by atoms with Crippen LogP contribution < -0.4 is 5.32 Å². The maximum Gasteiger partial charge on any atom is 0.307 e. The van der Waals surface area contributed by atoms with Gasteiger partial charge in [0, 0.05) is 11.3 Å². The Balaban J connectivity index is 1.88. The van der Waals surface area contributed by atoms with Crippen LogP contribution in [0.25, 0.3) is 0 Å². The number of hydrogen-bond acceptors (Lipinski definition) is 3. The molecule has 0 bridgehead atoms. The molecule has 1 saturated carbocycles. The number of amides is 1. The zero-order valence-corrected chi connectivity index (χ0v) is 12.7. The number of thioether (sulfide) groups is 1. The van der Waals surface area contributed by atoms with E-state index in [1.54, 1.807) is 0 Å². The van der Waals surface area contributed by atoms with Crippen molar-refractivity contribution in [3.8, 4) is 0 Å². The molecule has 4 nitrogen and oxygen atoms in total. The molecule has 0 saturated heterocycles. The van der Waals surface area contributed by atoms with Crippen LogP contribution in [0.5, 0.6) is 0 Å². The molecular formula is C15H23NO3S. The number of carbonyl (C=O) groups excluding carboxylic acids is 1. The van der Waals surface area contributed by atoms with E-state index in [4.69, 9.17) is 0 Å². The fourth-order valence-electron chi connectivity index (χ4n) is 3.13. The zero-order valence-electron chi connectivity index (χ0n) is 11.9. The maximum absolute atomic E-state index is 12.3. The van der Waals surface area contributed by atoms with Gasteiger partial charge >= 0.3 is 5.97 Å². The summed E-state index contributed by atoms with van der Waals surface area (Å²) in [5, 5.41) is 13.0. The van der Waals surface area contributed by atoms with Crippen LogP contribution in [0, 0.1) is 11.8 Å². The van der Waals surface area contributed by atoms with Gasteiger partial charge in [-0.05, 0) is 44.8 Å². The third-order valence-corrected chi connectivity index (χ3v) is 5.58. The summed E-state index contributed by atoms with van der Waals surface area (Å²) in [6.45, 7) is 0. The van der Waals surface area contributed by atoms with Gasteiger partial charge in [-0.1, -0.05) is 12.2 Å². The summed E-state index contributed by atoms with van der Waals surface area (Å²) >= 11 is 1.90. The van der Waals surface area contributed by atoms with Crippen LogP contribution in [0.3, 0.4) is 0 Å². The van der Waals surface area contributed by atoms with Gasteiger partial charge in [0.1, 0.15) is 0 Å². The molecule has 2 atom stereocenters. The number of hydrogen-bond donors (Lipinski definition) is 2. The van der Waals surface area contributed by atoms with Crippen molar-refractivity contribution in [3.63, 3.8) is 0 Å². The second kappa shape index (κ2) is 7.16. The van der Waals surface area contributed by atoms with Gasteiger partial charge in [-0.25, -0.2) is 0 Å². The van der Waals surface area contributed by atoms with E-state index in [2.05, 4.69) is 11.6 Å². The van der Waals surface area contributed by atoms with Crippen molar-refractivity contribution in [2.75, 3.05) is 6.26 Å². The lowest BCUT2D eigenvalue weighted by molar-refractivity contribution is -0.147. The molecule has 2 aliphatic carbocycles. The van der Waals surface area contributed by atoms with Gasteiger partial charge in [-0.3, -0.25) is 9.59 Å². The summed E-state index contributed by atoms with van der Waals surface area (Å²) in [5.41, 5.74) is 0. The summed E-state index contributed by atoms with van der Waals surface area (Å²) < 4.78 is 0. The summed E-state index contributed by atoms with van der Waals surface area (Å²) in [5.74, 6) is -1.91. The molecule has 0 aromatic heterocycles. The van der Waals surface area contributed by atoms with Crippen LogP contribution in [0.15, 0.2) is 12.2 Å². The highest BCUT2D eigenvalue weighted by atomic mass is 32.2. The highest BCUT2D eigenvalue weighted by Crippen LogP contribution is 2.29. The van der Waals surface area contributed by atoms with Gasteiger partial charge in [0.05, 0.1) is 11.8 Å². The fourth-order valence-corrected chi connectivity index (χ4v) is 3.87. The number of nitrogens with one attached hydrogen (secondary N) is 1. The van der Waals surface area contributed by atoms with Gasteiger partial charge < -0.3 is 10.4 Å². The van der Waals surface area contributed by atoms with Crippen LogP contribution in [-0.2, 0) is 9.59 Å². The average molecular weight is 297 g/mol. The molecule has 1 amide bonds. The van der Waals surface area contributed by atoms with Gasteiger partial charge in [0.2, 0.25) is 5.91 Å². The number of aliphatic carboxylic acids is 1.